The van der Waals surface area contributed by atoms with Crippen LogP contribution in [0.15, 0.2) is 47.1 Å². The lowest BCUT2D eigenvalue weighted by Crippen LogP contribution is -2.28. The number of pyridine rings is 1. The molecule has 1 heterocycles. The Morgan fingerprint density at radius 3 is 2.68 bits per heavy atom. The summed E-state index contributed by atoms with van der Waals surface area (Å²) in [6.07, 6.45) is 1.04. The fourth-order valence-electron chi connectivity index (χ4n) is 2.07. The molecule has 1 atom stereocenters. The summed E-state index contributed by atoms with van der Waals surface area (Å²) in [5, 5.41) is 3.52. The zero-order chi connectivity index (χ0) is 13.7. The number of nitrogens with one attached hydrogen (secondary N) is 1. The summed E-state index contributed by atoms with van der Waals surface area (Å²) in [6, 6.07) is 15.0. The molecule has 0 fully saturated rings. The van der Waals surface area contributed by atoms with E-state index >= 15 is 0 Å². The smallest absolute Gasteiger partial charge is 0.106 e. The van der Waals surface area contributed by atoms with Crippen molar-refractivity contribution < 1.29 is 0 Å². The Kier molecular flexibility index (Phi) is 5.11. The molecule has 100 valence electrons. The number of hydrogen-bond acceptors (Lipinski definition) is 2. The highest BCUT2D eigenvalue weighted by molar-refractivity contribution is 9.10. The molecule has 2 aromatic rings. The molecule has 0 spiro atoms. The van der Waals surface area contributed by atoms with Crippen LogP contribution in [0.2, 0.25) is 0 Å². The third kappa shape index (κ3) is 4.44. The van der Waals surface area contributed by atoms with Crippen molar-refractivity contribution in [1.29, 1.82) is 0 Å². The van der Waals surface area contributed by atoms with Gasteiger partial charge in [0.1, 0.15) is 4.60 Å². The highest BCUT2D eigenvalue weighted by Gasteiger charge is 2.05. The van der Waals surface area contributed by atoms with E-state index in [0.717, 1.165) is 23.3 Å². The lowest BCUT2D eigenvalue weighted by Gasteiger charge is -2.15. The molecule has 0 radical (unpaired) electrons. The summed E-state index contributed by atoms with van der Waals surface area (Å²) < 4.78 is 0.887. The maximum Gasteiger partial charge on any atom is 0.106 e. The van der Waals surface area contributed by atoms with Crippen LogP contribution in [0, 0.1) is 6.92 Å². The van der Waals surface area contributed by atoms with Gasteiger partial charge in [0.2, 0.25) is 0 Å². The van der Waals surface area contributed by atoms with Crippen molar-refractivity contribution in [2.75, 3.05) is 0 Å². The van der Waals surface area contributed by atoms with Crippen molar-refractivity contribution in [3.63, 3.8) is 0 Å². The van der Waals surface area contributed by atoms with Gasteiger partial charge in [-0.2, -0.15) is 0 Å². The Morgan fingerprint density at radius 2 is 1.95 bits per heavy atom. The Bertz CT molecular complexity index is 540. The minimum atomic E-state index is 0.432. The van der Waals surface area contributed by atoms with Crippen LogP contribution >= 0.6 is 15.9 Å². The fourth-order valence-corrected chi connectivity index (χ4v) is 2.45. The van der Waals surface area contributed by atoms with Gasteiger partial charge in [0, 0.05) is 12.6 Å². The van der Waals surface area contributed by atoms with E-state index in [-0.39, 0.29) is 0 Å². The third-order valence-electron chi connectivity index (χ3n) is 3.19. The molecular weight excluding hydrogens is 300 g/mol. The predicted molar refractivity (Wildman–Crippen MR) is 83.1 cm³/mol. The van der Waals surface area contributed by atoms with Gasteiger partial charge in [0.05, 0.1) is 5.69 Å². The Balaban J connectivity index is 1.88. The topological polar surface area (TPSA) is 24.9 Å². The van der Waals surface area contributed by atoms with Crippen molar-refractivity contribution in [3.05, 3.63) is 63.9 Å². The van der Waals surface area contributed by atoms with Gasteiger partial charge in [-0.25, -0.2) is 4.98 Å². The lowest BCUT2D eigenvalue weighted by atomic mass is 10.0. The summed E-state index contributed by atoms with van der Waals surface area (Å²) >= 11 is 3.39. The zero-order valence-electron chi connectivity index (χ0n) is 11.4. The van der Waals surface area contributed by atoms with Crippen molar-refractivity contribution in [2.45, 2.75) is 32.9 Å². The Morgan fingerprint density at radius 1 is 1.16 bits per heavy atom. The van der Waals surface area contributed by atoms with Gasteiger partial charge in [0.15, 0.2) is 0 Å². The Hall–Kier alpha value is -1.19. The molecule has 3 heteroatoms. The number of rotatable bonds is 5. The summed E-state index contributed by atoms with van der Waals surface area (Å²) in [5.41, 5.74) is 3.83. The van der Waals surface area contributed by atoms with Crippen molar-refractivity contribution in [2.24, 2.45) is 0 Å². The van der Waals surface area contributed by atoms with Gasteiger partial charge < -0.3 is 5.32 Å². The van der Waals surface area contributed by atoms with Gasteiger partial charge in [0.25, 0.3) is 0 Å². The molecule has 0 aliphatic heterocycles. The lowest BCUT2D eigenvalue weighted by molar-refractivity contribution is 0.539. The van der Waals surface area contributed by atoms with Crippen molar-refractivity contribution in [3.8, 4) is 0 Å². The van der Waals surface area contributed by atoms with E-state index in [9.17, 15) is 0 Å². The Labute approximate surface area is 123 Å². The average Bonchev–Trinajstić information content (AvgIpc) is 2.39. The molecule has 0 saturated carbocycles. The first-order valence-electron chi connectivity index (χ1n) is 6.54. The molecule has 0 amide bonds. The van der Waals surface area contributed by atoms with Gasteiger partial charge in [-0.15, -0.1) is 0 Å². The van der Waals surface area contributed by atoms with Crippen LogP contribution in [0.5, 0.6) is 0 Å². The normalized spacial score (nSPS) is 12.4. The quantitative estimate of drug-likeness (QED) is 0.846. The van der Waals surface area contributed by atoms with Crippen LogP contribution in [-0.4, -0.2) is 11.0 Å². The minimum Gasteiger partial charge on any atom is -0.308 e. The summed E-state index contributed by atoms with van der Waals surface area (Å²) in [5.74, 6) is 0. The molecule has 1 unspecified atom stereocenters. The van der Waals surface area contributed by atoms with Crippen molar-refractivity contribution in [1.82, 2.24) is 10.3 Å². The maximum atomic E-state index is 4.42. The standard InChI is InChI=1S/C16H19BrN2/c1-12-6-3-4-7-14(12)10-13(2)18-11-15-8-5-9-16(17)19-15/h3-9,13,18H,10-11H2,1-2H3. The van der Waals surface area contributed by atoms with E-state index in [4.69, 9.17) is 0 Å². The molecule has 0 aliphatic rings. The second kappa shape index (κ2) is 6.83. The first-order valence-corrected chi connectivity index (χ1v) is 7.34. The molecule has 0 bridgehead atoms. The molecule has 19 heavy (non-hydrogen) atoms. The molecule has 1 aromatic carbocycles. The van der Waals surface area contributed by atoms with Crippen LogP contribution in [0.4, 0.5) is 0 Å². The number of aryl methyl sites for hydroxylation is 1. The second-order valence-electron chi connectivity index (χ2n) is 4.86. The SMILES string of the molecule is Cc1ccccc1CC(C)NCc1cccc(Br)n1. The van der Waals surface area contributed by atoms with Gasteiger partial charge in [-0.3, -0.25) is 0 Å². The number of hydrogen-bond donors (Lipinski definition) is 1. The summed E-state index contributed by atoms with van der Waals surface area (Å²) in [7, 11) is 0. The molecule has 0 saturated heterocycles. The van der Waals surface area contributed by atoms with E-state index < -0.39 is 0 Å². The van der Waals surface area contributed by atoms with Crippen LogP contribution in [0.1, 0.15) is 23.7 Å². The van der Waals surface area contributed by atoms with Crippen LogP contribution < -0.4 is 5.32 Å². The van der Waals surface area contributed by atoms with Gasteiger partial charge in [-0.1, -0.05) is 30.3 Å². The number of halogens is 1. The van der Waals surface area contributed by atoms with E-state index in [1.54, 1.807) is 0 Å². The van der Waals surface area contributed by atoms with E-state index in [1.807, 2.05) is 18.2 Å². The summed E-state index contributed by atoms with van der Waals surface area (Å²) in [6.45, 7) is 5.18. The minimum absolute atomic E-state index is 0.432. The molecule has 1 N–H and O–H groups in total. The number of aromatic nitrogens is 1. The van der Waals surface area contributed by atoms with Crippen LogP contribution in [-0.2, 0) is 13.0 Å². The number of benzene rings is 1. The molecule has 0 aliphatic carbocycles. The first-order chi connectivity index (χ1) is 9.15. The second-order valence-corrected chi connectivity index (χ2v) is 5.68. The maximum absolute atomic E-state index is 4.42. The molecule has 1 aromatic heterocycles. The van der Waals surface area contributed by atoms with Crippen LogP contribution in [0.25, 0.3) is 0 Å². The van der Waals surface area contributed by atoms with E-state index in [1.165, 1.54) is 11.1 Å². The van der Waals surface area contributed by atoms with Crippen molar-refractivity contribution >= 4 is 15.9 Å². The molecule has 2 nitrogen and oxygen atoms in total. The van der Waals surface area contributed by atoms with Gasteiger partial charge >= 0.3 is 0 Å². The van der Waals surface area contributed by atoms with Gasteiger partial charge in [-0.05, 0) is 59.5 Å². The fraction of sp³-hybridized carbons (Fsp3) is 0.312. The number of nitrogens with zero attached hydrogens (tertiary/aromatic N) is 1. The van der Waals surface area contributed by atoms with Crippen LogP contribution in [0.3, 0.4) is 0 Å². The highest BCUT2D eigenvalue weighted by Crippen LogP contribution is 2.10. The summed E-state index contributed by atoms with van der Waals surface area (Å²) in [4.78, 5) is 4.42. The van der Waals surface area contributed by atoms with E-state index in [2.05, 4.69) is 64.3 Å². The molecule has 2 rings (SSSR count). The molecular formula is C16H19BrN2. The third-order valence-corrected chi connectivity index (χ3v) is 3.63. The first kappa shape index (κ1) is 14.2. The monoisotopic (exact) mass is 318 g/mol. The zero-order valence-corrected chi connectivity index (χ0v) is 12.9. The highest BCUT2D eigenvalue weighted by atomic mass is 79.9. The van der Waals surface area contributed by atoms with E-state index in [0.29, 0.717) is 6.04 Å². The largest absolute Gasteiger partial charge is 0.308 e. The average molecular weight is 319 g/mol. The predicted octanol–water partition coefficient (Wildman–Crippen LogP) is 3.87.